The number of carbonyl (C=O) groups is 1. The minimum Gasteiger partial charge on any atom is -0.341 e. The monoisotopic (exact) mass is 433 g/mol. The van der Waals surface area contributed by atoms with Crippen molar-refractivity contribution in [3.8, 4) is 5.69 Å². The molecule has 0 aliphatic rings. The van der Waals surface area contributed by atoms with Gasteiger partial charge in [0.1, 0.15) is 0 Å². The third kappa shape index (κ3) is 4.82. The van der Waals surface area contributed by atoms with Crippen molar-refractivity contribution in [3.05, 3.63) is 71.5 Å². The van der Waals surface area contributed by atoms with E-state index in [0.717, 1.165) is 51.0 Å². The van der Waals surface area contributed by atoms with Crippen LogP contribution in [0.25, 0.3) is 16.7 Å². The number of imidazole rings is 1. The maximum absolute atomic E-state index is 12.7. The average Bonchev–Trinajstić information content (AvgIpc) is 3.32. The Kier molecular flexibility index (Phi) is 6.42. The highest BCUT2D eigenvalue weighted by atomic mass is 32.2. The van der Waals surface area contributed by atoms with Gasteiger partial charge in [0.25, 0.3) is 0 Å². The predicted molar refractivity (Wildman–Crippen MR) is 126 cm³/mol. The molecule has 0 bridgehead atoms. The van der Waals surface area contributed by atoms with Crippen molar-refractivity contribution < 1.29 is 4.79 Å². The van der Waals surface area contributed by atoms with Crippen LogP contribution < -0.4 is 0 Å². The summed E-state index contributed by atoms with van der Waals surface area (Å²) in [5.41, 5.74) is 6.19. The Morgan fingerprint density at radius 3 is 2.61 bits per heavy atom. The van der Waals surface area contributed by atoms with Gasteiger partial charge in [-0.1, -0.05) is 42.1 Å². The molecule has 0 aliphatic heterocycles. The van der Waals surface area contributed by atoms with E-state index in [1.54, 1.807) is 16.7 Å². The van der Waals surface area contributed by atoms with Crippen molar-refractivity contribution in [2.45, 2.75) is 38.4 Å². The van der Waals surface area contributed by atoms with Gasteiger partial charge in [0.15, 0.2) is 5.16 Å². The number of H-pyrrole nitrogens is 1. The number of nitrogens with zero attached hydrogens (tertiary/aromatic N) is 4. The van der Waals surface area contributed by atoms with Gasteiger partial charge in [-0.3, -0.25) is 4.79 Å². The highest BCUT2D eigenvalue weighted by Gasteiger charge is 2.17. The number of fused-ring (bicyclic) bond motifs is 1. The summed E-state index contributed by atoms with van der Waals surface area (Å²) in [6.45, 7) is 4.63. The molecule has 2 heterocycles. The van der Waals surface area contributed by atoms with E-state index in [2.05, 4.69) is 22.0 Å². The van der Waals surface area contributed by atoms with Crippen LogP contribution in [0.15, 0.2) is 59.8 Å². The molecule has 0 atom stereocenters. The van der Waals surface area contributed by atoms with E-state index in [9.17, 15) is 4.79 Å². The number of aromatic nitrogens is 4. The summed E-state index contributed by atoms with van der Waals surface area (Å²) in [7, 11) is 1.87. The minimum atomic E-state index is 0.150. The number of benzene rings is 2. The van der Waals surface area contributed by atoms with Gasteiger partial charge in [0.05, 0.1) is 22.4 Å². The Bertz CT molecular complexity index is 1150. The van der Waals surface area contributed by atoms with E-state index in [-0.39, 0.29) is 5.91 Å². The predicted octanol–water partition coefficient (Wildman–Crippen LogP) is 4.90. The summed E-state index contributed by atoms with van der Waals surface area (Å²) in [6, 6.07) is 18.1. The number of carbonyl (C=O) groups excluding carboxylic acids is 1. The second kappa shape index (κ2) is 9.39. The highest BCUT2D eigenvalue weighted by molar-refractivity contribution is 7.99. The number of para-hydroxylation sites is 3. The molecule has 0 aliphatic carbocycles. The van der Waals surface area contributed by atoms with Crippen LogP contribution in [-0.2, 0) is 11.3 Å². The first kappa shape index (κ1) is 21.2. The first-order chi connectivity index (χ1) is 15.0. The standard InChI is InChI=1S/C24H27N5OS/c1-17-20(18(2)29(27-17)19-10-5-4-6-11-19)16-28(3)23(30)14-9-15-31-24-25-21-12-7-8-13-22(21)26-24/h4-8,10-13H,9,14-16H2,1-3H3,(H,25,26). The van der Waals surface area contributed by atoms with Gasteiger partial charge in [0, 0.05) is 37.0 Å². The number of thioether (sulfide) groups is 1. The summed E-state index contributed by atoms with van der Waals surface area (Å²) in [5.74, 6) is 1.00. The van der Waals surface area contributed by atoms with Crippen LogP contribution in [0.4, 0.5) is 0 Å². The lowest BCUT2D eigenvalue weighted by Gasteiger charge is -2.17. The van der Waals surface area contributed by atoms with Crippen molar-refractivity contribution in [1.82, 2.24) is 24.6 Å². The van der Waals surface area contributed by atoms with Crippen LogP contribution in [0.2, 0.25) is 0 Å². The molecule has 2 aromatic carbocycles. The molecule has 1 N–H and O–H groups in total. The topological polar surface area (TPSA) is 66.8 Å². The zero-order chi connectivity index (χ0) is 21.8. The number of aromatic amines is 1. The molecule has 0 fully saturated rings. The van der Waals surface area contributed by atoms with Crippen LogP contribution >= 0.6 is 11.8 Å². The molecular formula is C24H27N5OS. The molecule has 4 rings (SSSR count). The third-order valence-corrected chi connectivity index (χ3v) is 6.36. The molecule has 2 aromatic heterocycles. The Balaban J connectivity index is 1.30. The van der Waals surface area contributed by atoms with Crippen molar-refractivity contribution in [3.63, 3.8) is 0 Å². The molecular weight excluding hydrogens is 406 g/mol. The molecule has 0 radical (unpaired) electrons. The molecule has 1 amide bonds. The van der Waals surface area contributed by atoms with E-state index in [1.165, 1.54) is 0 Å². The van der Waals surface area contributed by atoms with Crippen LogP contribution in [0.3, 0.4) is 0 Å². The van der Waals surface area contributed by atoms with Crippen LogP contribution in [-0.4, -0.2) is 43.4 Å². The second-order valence-electron chi connectivity index (χ2n) is 7.66. The summed E-state index contributed by atoms with van der Waals surface area (Å²) < 4.78 is 1.95. The third-order valence-electron chi connectivity index (χ3n) is 5.40. The number of aryl methyl sites for hydroxylation is 1. The SMILES string of the molecule is Cc1nn(-c2ccccc2)c(C)c1CN(C)C(=O)CCCSc1nc2ccccc2[nH]1. The molecule has 0 unspecified atom stereocenters. The average molecular weight is 434 g/mol. The maximum atomic E-state index is 12.7. The summed E-state index contributed by atoms with van der Waals surface area (Å²) in [4.78, 5) is 22.4. The molecule has 4 aromatic rings. The first-order valence-electron chi connectivity index (χ1n) is 10.4. The molecule has 160 valence electrons. The van der Waals surface area contributed by atoms with Crippen molar-refractivity contribution >= 4 is 28.7 Å². The molecule has 7 heteroatoms. The van der Waals surface area contributed by atoms with E-state index in [4.69, 9.17) is 0 Å². The van der Waals surface area contributed by atoms with Crippen molar-refractivity contribution in [1.29, 1.82) is 0 Å². The first-order valence-corrected chi connectivity index (χ1v) is 11.4. The fourth-order valence-corrected chi connectivity index (χ4v) is 4.46. The quantitative estimate of drug-likeness (QED) is 0.317. The number of rotatable bonds is 8. The molecule has 0 saturated carbocycles. The Morgan fingerprint density at radius 2 is 1.84 bits per heavy atom. The Hall–Kier alpha value is -3.06. The molecule has 0 saturated heterocycles. The minimum absolute atomic E-state index is 0.150. The fraction of sp³-hybridized carbons (Fsp3) is 0.292. The van der Waals surface area contributed by atoms with E-state index in [1.807, 2.05) is 73.3 Å². The lowest BCUT2D eigenvalue weighted by Crippen LogP contribution is -2.26. The smallest absolute Gasteiger partial charge is 0.222 e. The van der Waals surface area contributed by atoms with Gasteiger partial charge in [-0.2, -0.15) is 5.10 Å². The molecule has 31 heavy (non-hydrogen) atoms. The van der Waals surface area contributed by atoms with Gasteiger partial charge >= 0.3 is 0 Å². The normalized spacial score (nSPS) is 11.2. The fourth-order valence-electron chi connectivity index (χ4n) is 3.63. The zero-order valence-electron chi connectivity index (χ0n) is 18.1. The van der Waals surface area contributed by atoms with Crippen LogP contribution in [0.5, 0.6) is 0 Å². The largest absolute Gasteiger partial charge is 0.341 e. The number of nitrogens with one attached hydrogen (secondary N) is 1. The van der Waals surface area contributed by atoms with Gasteiger partial charge < -0.3 is 9.88 Å². The second-order valence-corrected chi connectivity index (χ2v) is 8.74. The van der Waals surface area contributed by atoms with Gasteiger partial charge in [-0.15, -0.1) is 0 Å². The summed E-state index contributed by atoms with van der Waals surface area (Å²) in [5, 5.41) is 5.59. The Labute approximate surface area is 186 Å². The lowest BCUT2D eigenvalue weighted by atomic mass is 10.1. The molecule has 0 spiro atoms. The number of hydrogen-bond donors (Lipinski definition) is 1. The number of hydrogen-bond acceptors (Lipinski definition) is 4. The van der Waals surface area contributed by atoms with E-state index >= 15 is 0 Å². The van der Waals surface area contributed by atoms with E-state index in [0.29, 0.717) is 13.0 Å². The van der Waals surface area contributed by atoms with Gasteiger partial charge in [0.2, 0.25) is 5.91 Å². The number of amides is 1. The summed E-state index contributed by atoms with van der Waals surface area (Å²) in [6.07, 6.45) is 1.33. The zero-order valence-corrected chi connectivity index (χ0v) is 18.9. The van der Waals surface area contributed by atoms with Gasteiger partial charge in [-0.25, -0.2) is 9.67 Å². The highest BCUT2D eigenvalue weighted by Crippen LogP contribution is 2.22. The van der Waals surface area contributed by atoms with Crippen LogP contribution in [0, 0.1) is 13.8 Å². The van der Waals surface area contributed by atoms with Crippen LogP contribution in [0.1, 0.15) is 29.8 Å². The van der Waals surface area contributed by atoms with Gasteiger partial charge in [-0.05, 0) is 44.5 Å². The summed E-state index contributed by atoms with van der Waals surface area (Å²) >= 11 is 1.66. The molecule has 6 nitrogen and oxygen atoms in total. The van der Waals surface area contributed by atoms with E-state index < -0.39 is 0 Å². The van der Waals surface area contributed by atoms with Crippen molar-refractivity contribution in [2.75, 3.05) is 12.8 Å². The maximum Gasteiger partial charge on any atom is 0.222 e. The lowest BCUT2D eigenvalue weighted by molar-refractivity contribution is -0.130. The Morgan fingerprint density at radius 1 is 1.10 bits per heavy atom. The van der Waals surface area contributed by atoms with Crippen molar-refractivity contribution in [2.24, 2.45) is 0 Å².